The molecule has 1 aliphatic rings. The molecule has 0 bridgehead atoms. The molecule has 0 amide bonds. The fraction of sp³-hybridized carbons (Fsp3) is 0.207. The maximum Gasteiger partial charge on any atom is 0.0414 e. The number of hydrogen-bond donors (Lipinski definition) is 0. The zero-order valence-electron chi connectivity index (χ0n) is 19.2. The molecule has 0 N–H and O–H groups in total. The molecule has 0 spiro atoms. The molecule has 0 aliphatic heterocycles. The molecule has 158 valence electrons. The van der Waals surface area contributed by atoms with Crippen molar-refractivity contribution in [1.82, 2.24) is 4.98 Å². The van der Waals surface area contributed by atoms with Gasteiger partial charge in [-0.3, -0.25) is 4.98 Å². The molecule has 1 heterocycles. The highest BCUT2D eigenvalue weighted by atomic mass is 15.1. The minimum Gasteiger partial charge on any atom is -0.345 e. The number of likely N-dealkylation sites (N-methyl/N-ethyl adjacent to an activating group) is 1. The van der Waals surface area contributed by atoms with Crippen molar-refractivity contribution < 1.29 is 0 Å². The number of aryl methyl sites for hydroxylation is 1. The highest BCUT2D eigenvalue weighted by Crippen LogP contribution is 2.33. The van der Waals surface area contributed by atoms with E-state index in [9.17, 15) is 0 Å². The first-order chi connectivity index (χ1) is 14.9. The average Bonchev–Trinajstić information content (AvgIpc) is 2.78. The maximum absolute atomic E-state index is 4.48. The van der Waals surface area contributed by atoms with Gasteiger partial charge in [-0.15, -0.1) is 0 Å². The second kappa shape index (κ2) is 10.1. The first-order valence-electron chi connectivity index (χ1n) is 10.8. The lowest BCUT2D eigenvalue weighted by Crippen LogP contribution is -2.13. The van der Waals surface area contributed by atoms with Crippen LogP contribution in [0.3, 0.4) is 0 Å². The van der Waals surface area contributed by atoms with Crippen LogP contribution in [0.15, 0.2) is 103 Å². The Kier molecular flexibility index (Phi) is 7.25. The molecule has 2 nitrogen and oxygen atoms in total. The van der Waals surface area contributed by atoms with Crippen LogP contribution in [0.2, 0.25) is 0 Å². The summed E-state index contributed by atoms with van der Waals surface area (Å²) < 4.78 is 0. The second-order valence-electron chi connectivity index (χ2n) is 7.96. The average molecular weight is 409 g/mol. The smallest absolute Gasteiger partial charge is 0.0414 e. The zero-order valence-corrected chi connectivity index (χ0v) is 19.2. The van der Waals surface area contributed by atoms with Crippen LogP contribution in [0, 0.1) is 0 Å². The molecule has 0 atom stereocenters. The van der Waals surface area contributed by atoms with Gasteiger partial charge in [0.25, 0.3) is 0 Å². The Morgan fingerprint density at radius 3 is 2.68 bits per heavy atom. The van der Waals surface area contributed by atoms with E-state index in [2.05, 4.69) is 105 Å². The lowest BCUT2D eigenvalue weighted by molar-refractivity contribution is 1.03. The topological polar surface area (TPSA) is 16.1 Å². The van der Waals surface area contributed by atoms with Crippen molar-refractivity contribution in [3.8, 4) is 0 Å². The summed E-state index contributed by atoms with van der Waals surface area (Å²) in [6.45, 7) is 14.4. The lowest BCUT2D eigenvalue weighted by Gasteiger charge is -2.21. The van der Waals surface area contributed by atoms with Gasteiger partial charge in [0, 0.05) is 30.3 Å². The first kappa shape index (κ1) is 22.3. The molecule has 0 fully saturated rings. The summed E-state index contributed by atoms with van der Waals surface area (Å²) in [6.07, 6.45) is 14.6. The molecule has 0 unspecified atom stereocenters. The molecule has 1 aliphatic carbocycles. The molecule has 3 rings (SSSR count). The molecule has 0 radical (unpaired) electrons. The number of rotatable bonds is 6. The molecule has 0 saturated carbocycles. The minimum absolute atomic E-state index is 0.874. The quantitative estimate of drug-likeness (QED) is 0.459. The van der Waals surface area contributed by atoms with Gasteiger partial charge in [0.15, 0.2) is 0 Å². The molecule has 2 heteroatoms. The minimum atomic E-state index is 0.874. The molecular weight excluding hydrogens is 376 g/mol. The van der Waals surface area contributed by atoms with Gasteiger partial charge in [0.2, 0.25) is 0 Å². The summed E-state index contributed by atoms with van der Waals surface area (Å²) in [5.41, 5.74) is 10.5. The number of allylic oxidation sites excluding steroid dienone is 9. The van der Waals surface area contributed by atoms with Crippen LogP contribution in [0.4, 0.5) is 5.69 Å². The number of anilines is 1. The third-order valence-electron chi connectivity index (χ3n) is 5.61. The van der Waals surface area contributed by atoms with Crippen LogP contribution in [-0.2, 0) is 6.42 Å². The van der Waals surface area contributed by atoms with Crippen LogP contribution in [0.5, 0.6) is 0 Å². The predicted molar refractivity (Wildman–Crippen MR) is 136 cm³/mol. The number of aromatic nitrogens is 1. The molecule has 2 aromatic rings. The van der Waals surface area contributed by atoms with E-state index >= 15 is 0 Å². The van der Waals surface area contributed by atoms with Crippen LogP contribution in [0.25, 0.3) is 11.1 Å². The third-order valence-corrected chi connectivity index (χ3v) is 5.61. The van der Waals surface area contributed by atoms with Gasteiger partial charge in [-0.2, -0.15) is 0 Å². The molecule has 31 heavy (non-hydrogen) atoms. The fourth-order valence-corrected chi connectivity index (χ4v) is 3.67. The molecule has 1 aromatic carbocycles. The summed E-state index contributed by atoms with van der Waals surface area (Å²) in [6, 6.07) is 12.9. The van der Waals surface area contributed by atoms with E-state index in [1.165, 1.54) is 33.4 Å². The number of nitrogens with zero attached hydrogens (tertiary/aromatic N) is 2. The molecule has 0 saturated heterocycles. The van der Waals surface area contributed by atoms with E-state index in [1.807, 2.05) is 13.2 Å². The number of hydrogen-bond acceptors (Lipinski definition) is 2. The Labute approximate surface area is 187 Å². The van der Waals surface area contributed by atoms with Gasteiger partial charge in [0.05, 0.1) is 0 Å². The first-order valence-corrected chi connectivity index (χ1v) is 10.8. The second-order valence-corrected chi connectivity index (χ2v) is 7.96. The van der Waals surface area contributed by atoms with Gasteiger partial charge < -0.3 is 4.90 Å². The van der Waals surface area contributed by atoms with Gasteiger partial charge in [-0.05, 0) is 91.0 Å². The highest BCUT2D eigenvalue weighted by Gasteiger charge is 2.13. The standard InChI is InChI=1S/C29H32N2/c1-7-22(5)31(6)27-14-11-13-23(19-27)24-12-9-10-15-28(29(20-24)21(3)4)25-16-17-30-26(8-2)18-25/h7,9,11-20H,1,5,8,10H2,2-4,6H3/b12-9-,24-20+,28-15-. The van der Waals surface area contributed by atoms with Crippen molar-refractivity contribution in [1.29, 1.82) is 0 Å². The Bertz CT molecular complexity index is 1110. The summed E-state index contributed by atoms with van der Waals surface area (Å²) in [7, 11) is 2.02. The number of pyridine rings is 1. The predicted octanol–water partition coefficient (Wildman–Crippen LogP) is 7.54. The summed E-state index contributed by atoms with van der Waals surface area (Å²) >= 11 is 0. The van der Waals surface area contributed by atoms with Gasteiger partial charge in [0.1, 0.15) is 0 Å². The SMILES string of the molecule is C=CC(=C)N(C)c1cccc(C2=C/C(=C(C)C)/C(c3ccnc(CC)c3)=C\C/C=C\2)c1. The van der Waals surface area contributed by atoms with E-state index in [4.69, 9.17) is 0 Å². The summed E-state index contributed by atoms with van der Waals surface area (Å²) in [5, 5.41) is 0. The van der Waals surface area contributed by atoms with E-state index in [0.717, 1.165) is 29.9 Å². The zero-order chi connectivity index (χ0) is 22.4. The molecular formula is C29H32N2. The Balaban J connectivity index is 2.08. The molecule has 1 aromatic heterocycles. The van der Waals surface area contributed by atoms with E-state index < -0.39 is 0 Å². The fourth-order valence-electron chi connectivity index (χ4n) is 3.67. The van der Waals surface area contributed by atoms with Crippen molar-refractivity contribution >= 4 is 16.8 Å². The summed E-state index contributed by atoms with van der Waals surface area (Å²) in [5.74, 6) is 0. The van der Waals surface area contributed by atoms with Gasteiger partial charge in [-0.1, -0.05) is 56.0 Å². The van der Waals surface area contributed by atoms with Crippen molar-refractivity contribution in [2.75, 3.05) is 11.9 Å². The largest absolute Gasteiger partial charge is 0.345 e. The summed E-state index contributed by atoms with van der Waals surface area (Å²) in [4.78, 5) is 6.54. The van der Waals surface area contributed by atoms with Crippen molar-refractivity contribution in [3.05, 3.63) is 120 Å². The van der Waals surface area contributed by atoms with Crippen LogP contribution in [-0.4, -0.2) is 12.0 Å². The Morgan fingerprint density at radius 2 is 1.97 bits per heavy atom. The van der Waals surface area contributed by atoms with Gasteiger partial charge >= 0.3 is 0 Å². The number of benzene rings is 1. The van der Waals surface area contributed by atoms with Crippen LogP contribution < -0.4 is 4.90 Å². The van der Waals surface area contributed by atoms with Gasteiger partial charge in [-0.25, -0.2) is 0 Å². The van der Waals surface area contributed by atoms with Crippen molar-refractivity contribution in [3.63, 3.8) is 0 Å². The van der Waals surface area contributed by atoms with Crippen molar-refractivity contribution in [2.24, 2.45) is 0 Å². The maximum atomic E-state index is 4.48. The lowest BCUT2D eigenvalue weighted by atomic mass is 9.89. The Morgan fingerprint density at radius 1 is 1.16 bits per heavy atom. The highest BCUT2D eigenvalue weighted by molar-refractivity contribution is 5.89. The van der Waals surface area contributed by atoms with E-state index in [-0.39, 0.29) is 0 Å². The normalized spacial score (nSPS) is 18.0. The third kappa shape index (κ3) is 5.21. The van der Waals surface area contributed by atoms with Crippen molar-refractivity contribution in [2.45, 2.75) is 33.6 Å². The van der Waals surface area contributed by atoms with Crippen LogP contribution >= 0.6 is 0 Å². The van der Waals surface area contributed by atoms with E-state index in [0.29, 0.717) is 0 Å². The van der Waals surface area contributed by atoms with Crippen LogP contribution in [0.1, 0.15) is 44.0 Å². The Hall–Kier alpha value is -3.39. The van der Waals surface area contributed by atoms with E-state index in [1.54, 1.807) is 6.08 Å². The monoisotopic (exact) mass is 408 g/mol.